The maximum atomic E-state index is 12.3. The van der Waals surface area contributed by atoms with E-state index in [1.807, 2.05) is 19.9 Å². The van der Waals surface area contributed by atoms with Crippen LogP contribution in [0.25, 0.3) is 5.82 Å². The Kier molecular flexibility index (Phi) is 4.08. The standard InChI is InChI=1S/C16H14ClN5O/c1-10-7-11(2)22(21-10)15-8-14(18-9-19-15)20-16(23)12-5-3-4-6-13(12)17/h3-9H,1-2H3,(H,18,19,20,23). The van der Waals surface area contributed by atoms with Crippen LogP contribution in [0.1, 0.15) is 21.7 Å². The Morgan fingerprint density at radius 1 is 1.17 bits per heavy atom. The summed E-state index contributed by atoms with van der Waals surface area (Å²) in [5.41, 5.74) is 2.23. The van der Waals surface area contributed by atoms with Crippen LogP contribution in [0.2, 0.25) is 5.02 Å². The monoisotopic (exact) mass is 327 g/mol. The molecule has 2 aromatic heterocycles. The van der Waals surface area contributed by atoms with Crippen molar-refractivity contribution in [3.8, 4) is 5.82 Å². The van der Waals surface area contributed by atoms with Gasteiger partial charge in [-0.25, -0.2) is 14.6 Å². The summed E-state index contributed by atoms with van der Waals surface area (Å²) in [5.74, 6) is 0.640. The molecule has 0 spiro atoms. The zero-order valence-electron chi connectivity index (χ0n) is 12.6. The Morgan fingerprint density at radius 3 is 2.65 bits per heavy atom. The van der Waals surface area contributed by atoms with Crippen LogP contribution in [-0.4, -0.2) is 25.7 Å². The topological polar surface area (TPSA) is 72.7 Å². The van der Waals surface area contributed by atoms with Crippen molar-refractivity contribution in [2.75, 3.05) is 5.32 Å². The summed E-state index contributed by atoms with van der Waals surface area (Å²) in [7, 11) is 0. The number of halogens is 1. The lowest BCUT2D eigenvalue weighted by atomic mass is 10.2. The lowest BCUT2D eigenvalue weighted by Crippen LogP contribution is -2.14. The van der Waals surface area contributed by atoms with E-state index in [0.29, 0.717) is 22.2 Å². The molecule has 0 unspecified atom stereocenters. The third kappa shape index (κ3) is 3.22. The summed E-state index contributed by atoms with van der Waals surface area (Å²) < 4.78 is 1.70. The number of anilines is 1. The first-order valence-corrected chi connectivity index (χ1v) is 7.34. The largest absolute Gasteiger partial charge is 0.306 e. The van der Waals surface area contributed by atoms with E-state index in [2.05, 4.69) is 20.4 Å². The average Bonchev–Trinajstić information content (AvgIpc) is 2.86. The molecule has 0 aliphatic rings. The maximum Gasteiger partial charge on any atom is 0.258 e. The van der Waals surface area contributed by atoms with E-state index in [9.17, 15) is 4.79 Å². The number of rotatable bonds is 3. The van der Waals surface area contributed by atoms with Crippen LogP contribution >= 0.6 is 11.6 Å². The van der Waals surface area contributed by atoms with E-state index in [1.165, 1.54) is 6.33 Å². The highest BCUT2D eigenvalue weighted by molar-refractivity contribution is 6.34. The zero-order chi connectivity index (χ0) is 16.4. The number of hydrogen-bond donors (Lipinski definition) is 1. The van der Waals surface area contributed by atoms with Crippen LogP contribution < -0.4 is 5.32 Å². The van der Waals surface area contributed by atoms with Gasteiger partial charge in [-0.05, 0) is 32.0 Å². The van der Waals surface area contributed by atoms with Crippen LogP contribution in [-0.2, 0) is 0 Å². The third-order valence-electron chi connectivity index (χ3n) is 3.24. The molecule has 3 aromatic rings. The molecule has 1 N–H and O–H groups in total. The number of benzene rings is 1. The highest BCUT2D eigenvalue weighted by Crippen LogP contribution is 2.17. The van der Waals surface area contributed by atoms with Crippen molar-refractivity contribution in [3.63, 3.8) is 0 Å². The predicted octanol–water partition coefficient (Wildman–Crippen LogP) is 3.18. The molecule has 0 aliphatic carbocycles. The molecule has 6 nitrogen and oxygen atoms in total. The van der Waals surface area contributed by atoms with Gasteiger partial charge < -0.3 is 5.32 Å². The Morgan fingerprint density at radius 2 is 1.96 bits per heavy atom. The second-order valence-corrected chi connectivity index (χ2v) is 5.44. The molecule has 23 heavy (non-hydrogen) atoms. The molecule has 1 aromatic carbocycles. The van der Waals surface area contributed by atoms with Gasteiger partial charge >= 0.3 is 0 Å². The van der Waals surface area contributed by atoms with Gasteiger partial charge in [0.1, 0.15) is 12.1 Å². The SMILES string of the molecule is Cc1cc(C)n(-c2cc(NC(=O)c3ccccc3Cl)ncn2)n1. The van der Waals surface area contributed by atoms with Crippen LogP contribution in [0, 0.1) is 13.8 Å². The van der Waals surface area contributed by atoms with Gasteiger partial charge in [0, 0.05) is 11.8 Å². The van der Waals surface area contributed by atoms with E-state index in [-0.39, 0.29) is 5.91 Å². The second kappa shape index (κ2) is 6.18. The molecule has 0 fully saturated rings. The fourth-order valence-corrected chi connectivity index (χ4v) is 2.44. The third-order valence-corrected chi connectivity index (χ3v) is 3.57. The van der Waals surface area contributed by atoms with Crippen molar-refractivity contribution in [2.24, 2.45) is 0 Å². The Hall–Kier alpha value is -2.73. The van der Waals surface area contributed by atoms with Crippen molar-refractivity contribution in [1.29, 1.82) is 0 Å². The highest BCUT2D eigenvalue weighted by Gasteiger charge is 2.12. The number of aryl methyl sites for hydroxylation is 2. The van der Waals surface area contributed by atoms with Gasteiger partial charge in [0.2, 0.25) is 0 Å². The Bertz CT molecular complexity index is 874. The van der Waals surface area contributed by atoms with Crippen LogP contribution in [0.3, 0.4) is 0 Å². The quantitative estimate of drug-likeness (QED) is 0.802. The summed E-state index contributed by atoms with van der Waals surface area (Å²) in [6.07, 6.45) is 1.38. The van der Waals surface area contributed by atoms with Gasteiger partial charge in [-0.15, -0.1) is 0 Å². The normalized spacial score (nSPS) is 10.6. The molecular formula is C16H14ClN5O. The number of carbonyl (C=O) groups excluding carboxylic acids is 1. The molecule has 2 heterocycles. The molecule has 3 rings (SSSR count). The number of hydrogen-bond acceptors (Lipinski definition) is 4. The molecule has 0 saturated heterocycles. The van der Waals surface area contributed by atoms with E-state index in [1.54, 1.807) is 35.0 Å². The van der Waals surface area contributed by atoms with Crippen molar-refractivity contribution < 1.29 is 4.79 Å². The fraction of sp³-hybridized carbons (Fsp3) is 0.125. The van der Waals surface area contributed by atoms with E-state index in [0.717, 1.165) is 11.4 Å². The Labute approximate surface area is 138 Å². The predicted molar refractivity (Wildman–Crippen MR) is 88.0 cm³/mol. The first-order valence-electron chi connectivity index (χ1n) is 6.96. The van der Waals surface area contributed by atoms with Gasteiger partial charge in [0.15, 0.2) is 5.82 Å². The molecule has 0 bridgehead atoms. The summed E-state index contributed by atoms with van der Waals surface area (Å²) >= 11 is 6.03. The van der Waals surface area contributed by atoms with Gasteiger partial charge in [-0.3, -0.25) is 4.79 Å². The van der Waals surface area contributed by atoms with E-state index in [4.69, 9.17) is 11.6 Å². The first-order chi connectivity index (χ1) is 11.0. The van der Waals surface area contributed by atoms with Gasteiger partial charge in [0.05, 0.1) is 16.3 Å². The van der Waals surface area contributed by atoms with Crippen molar-refractivity contribution in [1.82, 2.24) is 19.7 Å². The molecule has 7 heteroatoms. The summed E-state index contributed by atoms with van der Waals surface area (Å²) in [6, 6.07) is 10.4. The zero-order valence-corrected chi connectivity index (χ0v) is 13.4. The van der Waals surface area contributed by atoms with Gasteiger partial charge in [-0.1, -0.05) is 23.7 Å². The van der Waals surface area contributed by atoms with Crippen LogP contribution in [0.4, 0.5) is 5.82 Å². The van der Waals surface area contributed by atoms with E-state index >= 15 is 0 Å². The molecular weight excluding hydrogens is 314 g/mol. The number of aromatic nitrogens is 4. The van der Waals surface area contributed by atoms with Crippen LogP contribution in [0.5, 0.6) is 0 Å². The average molecular weight is 328 g/mol. The van der Waals surface area contributed by atoms with Gasteiger partial charge in [0.25, 0.3) is 5.91 Å². The summed E-state index contributed by atoms with van der Waals surface area (Å²) in [5, 5.41) is 7.47. The van der Waals surface area contributed by atoms with Crippen molar-refractivity contribution in [2.45, 2.75) is 13.8 Å². The molecule has 1 amide bonds. The summed E-state index contributed by atoms with van der Waals surface area (Å²) in [4.78, 5) is 20.5. The minimum absolute atomic E-state index is 0.325. The first kappa shape index (κ1) is 15.2. The molecule has 0 atom stereocenters. The number of carbonyl (C=O) groups is 1. The lowest BCUT2D eigenvalue weighted by molar-refractivity contribution is 0.102. The van der Waals surface area contributed by atoms with E-state index < -0.39 is 0 Å². The number of nitrogens with one attached hydrogen (secondary N) is 1. The lowest BCUT2D eigenvalue weighted by Gasteiger charge is -2.08. The number of amides is 1. The van der Waals surface area contributed by atoms with Crippen molar-refractivity contribution in [3.05, 3.63) is 64.7 Å². The molecule has 0 saturated carbocycles. The Balaban J connectivity index is 1.87. The molecule has 116 valence electrons. The number of nitrogens with zero attached hydrogens (tertiary/aromatic N) is 4. The summed E-state index contributed by atoms with van der Waals surface area (Å²) in [6.45, 7) is 3.84. The molecule has 0 aliphatic heterocycles. The minimum Gasteiger partial charge on any atom is -0.306 e. The maximum absolute atomic E-state index is 12.3. The highest BCUT2D eigenvalue weighted by atomic mass is 35.5. The fourth-order valence-electron chi connectivity index (χ4n) is 2.22. The smallest absolute Gasteiger partial charge is 0.258 e. The van der Waals surface area contributed by atoms with Gasteiger partial charge in [-0.2, -0.15) is 5.10 Å². The minimum atomic E-state index is -0.325. The second-order valence-electron chi connectivity index (χ2n) is 5.03. The molecule has 0 radical (unpaired) electrons. The van der Waals surface area contributed by atoms with Crippen molar-refractivity contribution >= 4 is 23.3 Å². The van der Waals surface area contributed by atoms with Crippen LogP contribution in [0.15, 0.2) is 42.7 Å².